The van der Waals surface area contributed by atoms with Crippen LogP contribution < -0.4 is 19.3 Å². The van der Waals surface area contributed by atoms with Gasteiger partial charge in [0.25, 0.3) is 5.91 Å². The quantitative estimate of drug-likeness (QED) is 0.657. The van der Waals surface area contributed by atoms with Crippen molar-refractivity contribution in [2.45, 2.75) is 6.04 Å². The van der Waals surface area contributed by atoms with Gasteiger partial charge in [0, 0.05) is 18.3 Å². The van der Waals surface area contributed by atoms with Crippen molar-refractivity contribution < 1.29 is 14.3 Å². The standard InChI is InChI=1S/C23H22N2O3/c1-24-17-11-5-4-10-16(17)22(23(24)26)25(18-12-6-8-14-20(18)27-2)19-13-7-9-15-21(19)28-3/h4-15,22H,1-3H3. The number of ether oxygens (including phenoxy) is 2. The molecule has 1 atom stereocenters. The third kappa shape index (κ3) is 2.76. The van der Waals surface area contributed by atoms with Crippen molar-refractivity contribution in [3.05, 3.63) is 78.4 Å². The van der Waals surface area contributed by atoms with E-state index >= 15 is 0 Å². The Labute approximate surface area is 164 Å². The van der Waals surface area contributed by atoms with Gasteiger partial charge in [0.15, 0.2) is 0 Å². The Balaban J connectivity index is 1.98. The molecule has 0 saturated carbocycles. The van der Waals surface area contributed by atoms with E-state index in [9.17, 15) is 4.79 Å². The molecular formula is C23H22N2O3. The fourth-order valence-electron chi connectivity index (χ4n) is 3.77. The van der Waals surface area contributed by atoms with Crippen LogP contribution in [0.25, 0.3) is 0 Å². The molecule has 0 bridgehead atoms. The highest BCUT2D eigenvalue weighted by atomic mass is 16.5. The van der Waals surface area contributed by atoms with Gasteiger partial charge < -0.3 is 19.3 Å². The summed E-state index contributed by atoms with van der Waals surface area (Å²) in [5.74, 6) is 1.37. The molecule has 1 aliphatic heterocycles. The normalized spacial score (nSPS) is 15.3. The summed E-state index contributed by atoms with van der Waals surface area (Å²) >= 11 is 0. The number of amides is 1. The van der Waals surface area contributed by atoms with Crippen molar-refractivity contribution in [1.29, 1.82) is 0 Å². The number of para-hydroxylation sites is 5. The summed E-state index contributed by atoms with van der Waals surface area (Å²) in [7, 11) is 5.08. The van der Waals surface area contributed by atoms with Gasteiger partial charge in [0.05, 0.1) is 25.6 Å². The number of nitrogens with zero attached hydrogens (tertiary/aromatic N) is 2. The largest absolute Gasteiger partial charge is 0.495 e. The topological polar surface area (TPSA) is 42.0 Å². The van der Waals surface area contributed by atoms with Gasteiger partial charge >= 0.3 is 0 Å². The van der Waals surface area contributed by atoms with E-state index in [-0.39, 0.29) is 5.91 Å². The van der Waals surface area contributed by atoms with Crippen LogP contribution in [0.5, 0.6) is 11.5 Å². The maximum absolute atomic E-state index is 13.4. The minimum absolute atomic E-state index is 0.00184. The first kappa shape index (κ1) is 17.9. The Hall–Kier alpha value is -3.47. The van der Waals surface area contributed by atoms with E-state index in [0.717, 1.165) is 22.6 Å². The van der Waals surface area contributed by atoms with Crippen LogP contribution in [0.1, 0.15) is 11.6 Å². The number of rotatable bonds is 5. The lowest BCUT2D eigenvalue weighted by Crippen LogP contribution is -2.34. The Kier molecular flexibility index (Phi) is 4.65. The van der Waals surface area contributed by atoms with Crippen molar-refractivity contribution >= 4 is 23.0 Å². The summed E-state index contributed by atoms with van der Waals surface area (Å²) in [6.45, 7) is 0. The number of benzene rings is 3. The number of carbonyl (C=O) groups excluding carboxylic acids is 1. The van der Waals surface area contributed by atoms with Crippen LogP contribution in [0.3, 0.4) is 0 Å². The van der Waals surface area contributed by atoms with E-state index in [1.165, 1.54) is 0 Å². The van der Waals surface area contributed by atoms with Gasteiger partial charge in [-0.15, -0.1) is 0 Å². The second-order valence-electron chi connectivity index (χ2n) is 6.57. The smallest absolute Gasteiger partial charge is 0.254 e. The Morgan fingerprint density at radius 3 is 1.86 bits per heavy atom. The molecule has 0 spiro atoms. The van der Waals surface area contributed by atoms with Crippen LogP contribution in [-0.4, -0.2) is 27.2 Å². The molecule has 1 amide bonds. The van der Waals surface area contributed by atoms with Crippen molar-refractivity contribution in [2.75, 3.05) is 31.1 Å². The third-order valence-electron chi connectivity index (χ3n) is 5.10. The number of likely N-dealkylation sites (N-methyl/N-ethyl adjacent to an activating group) is 1. The zero-order valence-electron chi connectivity index (χ0n) is 16.1. The summed E-state index contributed by atoms with van der Waals surface area (Å²) in [5.41, 5.74) is 3.47. The fourth-order valence-corrected chi connectivity index (χ4v) is 3.77. The molecule has 3 aromatic rings. The minimum atomic E-state index is -0.520. The highest BCUT2D eigenvalue weighted by Gasteiger charge is 2.41. The van der Waals surface area contributed by atoms with Gasteiger partial charge in [0.2, 0.25) is 0 Å². The minimum Gasteiger partial charge on any atom is -0.495 e. The summed E-state index contributed by atoms with van der Waals surface area (Å²) in [6, 6.07) is 22.8. The average molecular weight is 374 g/mol. The molecule has 0 aliphatic carbocycles. The molecule has 0 saturated heterocycles. The van der Waals surface area contributed by atoms with E-state index in [0.29, 0.717) is 11.5 Å². The molecule has 0 radical (unpaired) electrons. The lowest BCUT2D eigenvalue weighted by Gasteiger charge is -2.32. The summed E-state index contributed by atoms with van der Waals surface area (Å²) < 4.78 is 11.2. The summed E-state index contributed by atoms with van der Waals surface area (Å²) in [5, 5.41) is 0. The van der Waals surface area contributed by atoms with Crippen LogP contribution in [-0.2, 0) is 4.79 Å². The number of anilines is 3. The van der Waals surface area contributed by atoms with E-state index in [4.69, 9.17) is 9.47 Å². The third-order valence-corrected chi connectivity index (χ3v) is 5.10. The van der Waals surface area contributed by atoms with Crippen molar-refractivity contribution in [3.63, 3.8) is 0 Å². The summed E-state index contributed by atoms with van der Waals surface area (Å²) in [4.78, 5) is 17.1. The van der Waals surface area contributed by atoms with Crippen molar-refractivity contribution in [3.8, 4) is 11.5 Å². The number of hydrogen-bond acceptors (Lipinski definition) is 4. The van der Waals surface area contributed by atoms with Gasteiger partial charge in [0.1, 0.15) is 17.5 Å². The fraction of sp³-hybridized carbons (Fsp3) is 0.174. The van der Waals surface area contributed by atoms with E-state index < -0.39 is 6.04 Å². The number of carbonyl (C=O) groups is 1. The van der Waals surface area contributed by atoms with E-state index in [2.05, 4.69) is 0 Å². The molecule has 0 N–H and O–H groups in total. The van der Waals surface area contributed by atoms with Gasteiger partial charge in [-0.25, -0.2) is 0 Å². The lowest BCUT2D eigenvalue weighted by molar-refractivity contribution is -0.118. The first-order valence-corrected chi connectivity index (χ1v) is 9.09. The van der Waals surface area contributed by atoms with Gasteiger partial charge in [-0.2, -0.15) is 0 Å². The summed E-state index contributed by atoms with van der Waals surface area (Å²) in [6.07, 6.45) is 0. The van der Waals surface area contributed by atoms with Crippen molar-refractivity contribution in [2.24, 2.45) is 0 Å². The SMILES string of the molecule is COc1ccccc1N(c1ccccc1OC)C1C(=O)N(C)c2ccccc21. The van der Waals surface area contributed by atoms with Crippen LogP contribution in [0.2, 0.25) is 0 Å². The molecule has 0 fully saturated rings. The molecule has 5 heteroatoms. The molecule has 1 heterocycles. The second-order valence-corrected chi connectivity index (χ2v) is 6.57. The number of fused-ring (bicyclic) bond motifs is 1. The number of hydrogen-bond donors (Lipinski definition) is 0. The van der Waals surface area contributed by atoms with Crippen LogP contribution in [0.15, 0.2) is 72.8 Å². The predicted molar refractivity (Wildman–Crippen MR) is 111 cm³/mol. The van der Waals surface area contributed by atoms with Gasteiger partial charge in [-0.05, 0) is 30.3 Å². The highest BCUT2D eigenvalue weighted by Crippen LogP contribution is 2.48. The van der Waals surface area contributed by atoms with Gasteiger partial charge in [-0.3, -0.25) is 4.79 Å². The monoisotopic (exact) mass is 374 g/mol. The van der Waals surface area contributed by atoms with Crippen LogP contribution in [0.4, 0.5) is 17.1 Å². The molecule has 3 aromatic carbocycles. The molecule has 1 unspecified atom stereocenters. The first-order valence-electron chi connectivity index (χ1n) is 9.09. The molecule has 0 aromatic heterocycles. The number of methoxy groups -OCH3 is 2. The van der Waals surface area contributed by atoms with Gasteiger partial charge in [-0.1, -0.05) is 42.5 Å². The van der Waals surface area contributed by atoms with Crippen LogP contribution >= 0.6 is 0 Å². The maximum Gasteiger partial charge on any atom is 0.254 e. The Bertz CT molecular complexity index is 970. The lowest BCUT2D eigenvalue weighted by atomic mass is 10.0. The second kappa shape index (κ2) is 7.27. The zero-order valence-corrected chi connectivity index (χ0v) is 16.1. The molecule has 142 valence electrons. The molecule has 4 rings (SSSR count). The molecule has 1 aliphatic rings. The molecule has 5 nitrogen and oxygen atoms in total. The van der Waals surface area contributed by atoms with E-state index in [1.54, 1.807) is 19.1 Å². The Morgan fingerprint density at radius 2 is 1.29 bits per heavy atom. The average Bonchev–Trinajstić information content (AvgIpc) is 3.00. The maximum atomic E-state index is 13.4. The first-order chi connectivity index (χ1) is 13.7. The predicted octanol–water partition coefficient (Wildman–Crippen LogP) is 4.56. The van der Waals surface area contributed by atoms with Crippen molar-refractivity contribution in [1.82, 2.24) is 0 Å². The Morgan fingerprint density at radius 1 is 0.786 bits per heavy atom. The van der Waals surface area contributed by atoms with Crippen LogP contribution in [0, 0.1) is 0 Å². The van der Waals surface area contributed by atoms with E-state index in [1.807, 2.05) is 84.7 Å². The highest BCUT2D eigenvalue weighted by molar-refractivity contribution is 6.07. The molecular weight excluding hydrogens is 352 g/mol. The molecule has 28 heavy (non-hydrogen) atoms. The zero-order chi connectivity index (χ0) is 19.7.